The van der Waals surface area contributed by atoms with Crippen LogP contribution in [-0.4, -0.2) is 23.3 Å². The van der Waals surface area contributed by atoms with E-state index >= 15 is 0 Å². The van der Waals surface area contributed by atoms with Gasteiger partial charge in [0.25, 0.3) is 0 Å². The van der Waals surface area contributed by atoms with Crippen LogP contribution in [0.2, 0.25) is 15.2 Å². The van der Waals surface area contributed by atoms with Crippen molar-refractivity contribution in [2.75, 3.05) is 12.3 Å². The van der Waals surface area contributed by atoms with Gasteiger partial charge in [-0.3, -0.25) is 4.79 Å². The second-order valence-corrected chi connectivity index (χ2v) is 9.10. The lowest BCUT2D eigenvalue weighted by Crippen LogP contribution is -2.51. The first kappa shape index (κ1) is 18.3. The summed E-state index contributed by atoms with van der Waals surface area (Å²) in [5, 5.41) is -0.266. The van der Waals surface area contributed by atoms with Crippen molar-refractivity contribution in [3.05, 3.63) is 20.9 Å². The molecule has 8 heteroatoms. The second-order valence-electron chi connectivity index (χ2n) is 7.99. The molecular weight excluding hydrogens is 399 g/mol. The molecule has 5 nitrogen and oxygen atoms in total. The molecule has 2 N–H and O–H groups in total. The van der Waals surface area contributed by atoms with Crippen molar-refractivity contribution in [2.24, 2.45) is 23.2 Å². The molecule has 140 valence electrons. The number of halogens is 3. The maximum absolute atomic E-state index is 12.9. The number of esters is 1. The minimum absolute atomic E-state index is 0.00843. The smallest absolute Gasteiger partial charge is 0.359 e. The Morgan fingerprint density at radius 1 is 1.04 bits per heavy atom. The van der Waals surface area contributed by atoms with Gasteiger partial charge in [-0.2, -0.15) is 0 Å². The SMILES string of the molecule is Nc1c(Cl)c(Cl)nc(C(=O)OCC(=O)C23CC4CC(CC(C4)C2)C3)c1Cl. The molecule has 4 aliphatic carbocycles. The zero-order valence-corrected chi connectivity index (χ0v) is 16.3. The lowest BCUT2D eigenvalue weighted by atomic mass is 9.48. The van der Waals surface area contributed by atoms with Gasteiger partial charge in [-0.1, -0.05) is 34.8 Å². The summed E-state index contributed by atoms with van der Waals surface area (Å²) in [7, 11) is 0. The number of aromatic nitrogens is 1. The summed E-state index contributed by atoms with van der Waals surface area (Å²) in [6, 6.07) is 0. The van der Waals surface area contributed by atoms with E-state index in [1.165, 1.54) is 19.3 Å². The molecule has 4 fully saturated rings. The molecule has 0 atom stereocenters. The first-order valence-corrected chi connectivity index (χ1v) is 9.93. The van der Waals surface area contributed by atoms with E-state index in [1.807, 2.05) is 0 Å². The molecular formula is C18H19Cl3N2O3. The van der Waals surface area contributed by atoms with Crippen molar-refractivity contribution in [1.82, 2.24) is 4.98 Å². The Morgan fingerprint density at radius 2 is 1.58 bits per heavy atom. The van der Waals surface area contributed by atoms with Gasteiger partial charge in [-0.25, -0.2) is 9.78 Å². The van der Waals surface area contributed by atoms with Crippen molar-refractivity contribution in [3.8, 4) is 0 Å². The Hall–Kier alpha value is -1.04. The monoisotopic (exact) mass is 416 g/mol. The van der Waals surface area contributed by atoms with E-state index in [1.54, 1.807) is 0 Å². The highest BCUT2D eigenvalue weighted by atomic mass is 35.5. The van der Waals surface area contributed by atoms with Gasteiger partial charge in [0.15, 0.2) is 23.2 Å². The third kappa shape index (κ3) is 2.98. The molecule has 0 saturated heterocycles. The maximum Gasteiger partial charge on any atom is 0.359 e. The minimum atomic E-state index is -0.821. The van der Waals surface area contributed by atoms with E-state index in [2.05, 4.69) is 4.98 Å². The van der Waals surface area contributed by atoms with Crippen LogP contribution in [0.3, 0.4) is 0 Å². The summed E-state index contributed by atoms with van der Waals surface area (Å²) >= 11 is 17.7. The largest absolute Gasteiger partial charge is 0.453 e. The fourth-order valence-corrected chi connectivity index (χ4v) is 6.06. The Balaban J connectivity index is 1.46. The van der Waals surface area contributed by atoms with Crippen LogP contribution >= 0.6 is 34.8 Å². The Morgan fingerprint density at radius 3 is 2.12 bits per heavy atom. The number of nitrogens with two attached hydrogens (primary N) is 1. The van der Waals surface area contributed by atoms with E-state index in [0.29, 0.717) is 17.8 Å². The number of nitrogen functional groups attached to an aromatic ring is 1. The van der Waals surface area contributed by atoms with E-state index < -0.39 is 5.97 Å². The molecule has 5 rings (SSSR count). The predicted molar refractivity (Wildman–Crippen MR) is 99.6 cm³/mol. The van der Waals surface area contributed by atoms with Gasteiger partial charge in [0, 0.05) is 5.41 Å². The third-order valence-electron chi connectivity index (χ3n) is 6.23. The summed E-state index contributed by atoms with van der Waals surface area (Å²) < 4.78 is 5.22. The van der Waals surface area contributed by atoms with Gasteiger partial charge < -0.3 is 10.5 Å². The minimum Gasteiger partial charge on any atom is -0.453 e. The summed E-state index contributed by atoms with van der Waals surface area (Å²) in [6.45, 7) is -0.275. The first-order valence-electron chi connectivity index (χ1n) is 8.79. The molecule has 4 aliphatic rings. The standard InChI is InChI=1S/C18H19Cl3N2O3/c19-12-14(22)13(20)16(21)23-15(12)17(25)26-7-11(24)18-4-8-1-9(5-18)3-10(2-8)6-18/h8-10H,1-7H2,(H2,22,23). The van der Waals surface area contributed by atoms with Crippen LogP contribution in [0, 0.1) is 23.2 Å². The lowest BCUT2D eigenvalue weighted by molar-refractivity contribution is -0.147. The Labute approximate surface area is 166 Å². The summed E-state index contributed by atoms with van der Waals surface area (Å²) in [6.07, 6.45) is 6.51. The fourth-order valence-electron chi connectivity index (χ4n) is 5.47. The van der Waals surface area contributed by atoms with Gasteiger partial charge in [0.2, 0.25) is 0 Å². The highest BCUT2D eigenvalue weighted by Crippen LogP contribution is 2.60. The zero-order chi connectivity index (χ0) is 18.6. The summed E-state index contributed by atoms with van der Waals surface area (Å²) in [5.41, 5.74) is 5.14. The van der Waals surface area contributed by atoms with Crippen LogP contribution in [0.4, 0.5) is 5.69 Å². The van der Waals surface area contributed by atoms with Gasteiger partial charge in [-0.15, -0.1) is 0 Å². The number of anilines is 1. The van der Waals surface area contributed by atoms with Crippen molar-refractivity contribution < 1.29 is 14.3 Å². The van der Waals surface area contributed by atoms with E-state index in [0.717, 1.165) is 19.3 Å². The van der Waals surface area contributed by atoms with Crippen LogP contribution in [0.5, 0.6) is 0 Å². The van der Waals surface area contributed by atoms with Crippen LogP contribution in [0.25, 0.3) is 0 Å². The number of hydrogen-bond acceptors (Lipinski definition) is 5. The number of Topliss-reactive ketones (excluding diaryl/α,β-unsaturated/α-hetero) is 1. The molecule has 26 heavy (non-hydrogen) atoms. The maximum atomic E-state index is 12.9. The number of hydrogen-bond donors (Lipinski definition) is 1. The van der Waals surface area contributed by atoms with Crippen molar-refractivity contribution >= 4 is 52.2 Å². The number of nitrogens with zero attached hydrogens (tertiary/aromatic N) is 1. The number of pyridine rings is 1. The second kappa shape index (κ2) is 6.54. The number of rotatable bonds is 4. The van der Waals surface area contributed by atoms with E-state index in [-0.39, 0.29) is 44.4 Å². The molecule has 1 heterocycles. The van der Waals surface area contributed by atoms with Crippen LogP contribution in [0.15, 0.2) is 0 Å². The van der Waals surface area contributed by atoms with Crippen molar-refractivity contribution in [1.29, 1.82) is 0 Å². The van der Waals surface area contributed by atoms with Crippen LogP contribution in [0.1, 0.15) is 49.0 Å². The number of ether oxygens (including phenoxy) is 1. The highest BCUT2D eigenvalue weighted by Gasteiger charge is 2.54. The Kier molecular flexibility index (Phi) is 4.61. The molecule has 4 bridgehead atoms. The van der Waals surface area contributed by atoms with Gasteiger partial charge in [-0.05, 0) is 56.3 Å². The van der Waals surface area contributed by atoms with Crippen molar-refractivity contribution in [3.63, 3.8) is 0 Å². The fraction of sp³-hybridized carbons (Fsp3) is 0.611. The highest BCUT2D eigenvalue weighted by molar-refractivity contribution is 6.46. The molecule has 0 unspecified atom stereocenters. The molecule has 1 aromatic heterocycles. The Bertz CT molecular complexity index is 761. The van der Waals surface area contributed by atoms with E-state index in [4.69, 9.17) is 45.3 Å². The number of ketones is 1. The van der Waals surface area contributed by atoms with Crippen LogP contribution < -0.4 is 5.73 Å². The molecule has 0 aliphatic heterocycles. The van der Waals surface area contributed by atoms with Crippen molar-refractivity contribution in [2.45, 2.75) is 38.5 Å². The first-order chi connectivity index (χ1) is 12.3. The summed E-state index contributed by atoms with van der Waals surface area (Å²) in [5.74, 6) is 1.12. The molecule has 4 saturated carbocycles. The number of carbonyl (C=O) groups is 2. The summed E-state index contributed by atoms with van der Waals surface area (Å²) in [4.78, 5) is 29.1. The average molecular weight is 418 g/mol. The zero-order valence-electron chi connectivity index (χ0n) is 14.1. The number of carbonyl (C=O) groups excluding carboxylic acids is 2. The molecule has 0 radical (unpaired) electrons. The lowest BCUT2D eigenvalue weighted by Gasteiger charge is -2.55. The predicted octanol–water partition coefficient (Wildman–Crippen LogP) is 4.57. The van der Waals surface area contributed by atoms with Gasteiger partial charge >= 0.3 is 5.97 Å². The average Bonchev–Trinajstić information content (AvgIpc) is 2.59. The van der Waals surface area contributed by atoms with Gasteiger partial charge in [0.1, 0.15) is 5.02 Å². The normalized spacial score (nSPS) is 31.9. The van der Waals surface area contributed by atoms with Crippen LogP contribution in [-0.2, 0) is 9.53 Å². The molecule has 0 aromatic carbocycles. The molecule has 0 spiro atoms. The molecule has 1 aromatic rings. The van der Waals surface area contributed by atoms with Gasteiger partial charge in [0.05, 0.1) is 10.7 Å². The molecule has 0 amide bonds. The third-order valence-corrected chi connectivity index (χ3v) is 7.36. The quantitative estimate of drug-likeness (QED) is 0.573. The van der Waals surface area contributed by atoms with E-state index in [9.17, 15) is 9.59 Å². The topological polar surface area (TPSA) is 82.3 Å².